The molecule has 0 saturated heterocycles. The maximum absolute atomic E-state index is 4.60. The zero-order valence-electron chi connectivity index (χ0n) is 12.8. The number of aryl methyl sites for hydroxylation is 1. The smallest absolute Gasteiger partial charge is 0.0762 e. The van der Waals surface area contributed by atoms with Gasteiger partial charge in [0.1, 0.15) is 0 Å². The van der Waals surface area contributed by atoms with E-state index in [0.29, 0.717) is 6.04 Å². The lowest BCUT2D eigenvalue weighted by Gasteiger charge is -2.08. The molecule has 0 radical (unpaired) electrons. The van der Waals surface area contributed by atoms with Crippen LogP contribution in [-0.2, 0) is 13.0 Å². The van der Waals surface area contributed by atoms with E-state index in [2.05, 4.69) is 72.4 Å². The SMILES string of the molecule is CCC(C)n1ccc(CNCCc2ccccc2C)n1. The summed E-state index contributed by atoms with van der Waals surface area (Å²) in [5.74, 6) is 0. The van der Waals surface area contributed by atoms with Crippen molar-refractivity contribution in [3.8, 4) is 0 Å². The van der Waals surface area contributed by atoms with E-state index in [1.807, 2.05) is 0 Å². The van der Waals surface area contributed by atoms with Crippen LogP contribution < -0.4 is 5.32 Å². The number of hydrogen-bond donors (Lipinski definition) is 1. The van der Waals surface area contributed by atoms with Crippen LogP contribution in [0.25, 0.3) is 0 Å². The fourth-order valence-electron chi connectivity index (χ4n) is 2.23. The molecule has 3 heteroatoms. The van der Waals surface area contributed by atoms with Gasteiger partial charge in [-0.05, 0) is 50.4 Å². The Kier molecular flexibility index (Phi) is 5.36. The molecule has 1 unspecified atom stereocenters. The van der Waals surface area contributed by atoms with E-state index in [9.17, 15) is 0 Å². The lowest BCUT2D eigenvalue weighted by molar-refractivity contribution is 0.471. The van der Waals surface area contributed by atoms with Gasteiger partial charge in [-0.25, -0.2) is 0 Å². The van der Waals surface area contributed by atoms with Crippen molar-refractivity contribution < 1.29 is 0 Å². The van der Waals surface area contributed by atoms with Crippen molar-refractivity contribution >= 4 is 0 Å². The molecular weight excluding hydrogens is 246 g/mol. The second-order valence-corrected chi connectivity index (χ2v) is 5.40. The molecule has 0 aliphatic rings. The molecule has 0 fully saturated rings. The highest BCUT2D eigenvalue weighted by atomic mass is 15.3. The van der Waals surface area contributed by atoms with Crippen LogP contribution in [-0.4, -0.2) is 16.3 Å². The van der Waals surface area contributed by atoms with E-state index >= 15 is 0 Å². The van der Waals surface area contributed by atoms with Gasteiger partial charge in [0.25, 0.3) is 0 Å². The summed E-state index contributed by atoms with van der Waals surface area (Å²) in [6, 6.07) is 11.2. The van der Waals surface area contributed by atoms with Crippen molar-refractivity contribution in [3.05, 3.63) is 53.3 Å². The molecule has 1 heterocycles. The summed E-state index contributed by atoms with van der Waals surface area (Å²) in [4.78, 5) is 0. The summed E-state index contributed by atoms with van der Waals surface area (Å²) in [7, 11) is 0. The molecule has 3 nitrogen and oxygen atoms in total. The van der Waals surface area contributed by atoms with Crippen molar-refractivity contribution in [2.75, 3.05) is 6.54 Å². The Bertz CT molecular complexity index is 531. The van der Waals surface area contributed by atoms with E-state index in [0.717, 1.165) is 31.6 Å². The highest BCUT2D eigenvalue weighted by Gasteiger charge is 2.04. The molecule has 2 rings (SSSR count). The van der Waals surface area contributed by atoms with Gasteiger partial charge in [-0.2, -0.15) is 5.10 Å². The molecular formula is C17H25N3. The molecule has 1 aromatic heterocycles. The van der Waals surface area contributed by atoms with Gasteiger partial charge >= 0.3 is 0 Å². The molecule has 1 atom stereocenters. The van der Waals surface area contributed by atoms with Crippen LogP contribution >= 0.6 is 0 Å². The Morgan fingerprint density at radius 2 is 2.05 bits per heavy atom. The number of rotatable bonds is 7. The summed E-state index contributed by atoms with van der Waals surface area (Å²) in [5.41, 5.74) is 3.91. The highest BCUT2D eigenvalue weighted by Crippen LogP contribution is 2.09. The first-order valence-corrected chi connectivity index (χ1v) is 7.50. The lowest BCUT2D eigenvalue weighted by atomic mass is 10.1. The topological polar surface area (TPSA) is 29.9 Å². The summed E-state index contributed by atoms with van der Waals surface area (Å²) in [5, 5.41) is 8.07. The third-order valence-corrected chi connectivity index (χ3v) is 3.84. The fourth-order valence-corrected chi connectivity index (χ4v) is 2.23. The Morgan fingerprint density at radius 3 is 2.80 bits per heavy atom. The van der Waals surface area contributed by atoms with Gasteiger partial charge in [0.05, 0.1) is 5.69 Å². The first-order valence-electron chi connectivity index (χ1n) is 7.50. The molecule has 0 aliphatic carbocycles. The largest absolute Gasteiger partial charge is 0.311 e. The lowest BCUT2D eigenvalue weighted by Crippen LogP contribution is -2.17. The minimum absolute atomic E-state index is 0.482. The van der Waals surface area contributed by atoms with E-state index in [1.165, 1.54) is 11.1 Å². The van der Waals surface area contributed by atoms with Crippen LogP contribution in [0.5, 0.6) is 0 Å². The Labute approximate surface area is 122 Å². The Hall–Kier alpha value is -1.61. The summed E-state index contributed by atoms with van der Waals surface area (Å²) >= 11 is 0. The van der Waals surface area contributed by atoms with Crippen LogP contribution in [0.3, 0.4) is 0 Å². The van der Waals surface area contributed by atoms with E-state index in [1.54, 1.807) is 0 Å². The van der Waals surface area contributed by atoms with E-state index in [-0.39, 0.29) is 0 Å². The van der Waals surface area contributed by atoms with Crippen molar-refractivity contribution in [3.63, 3.8) is 0 Å². The van der Waals surface area contributed by atoms with E-state index in [4.69, 9.17) is 0 Å². The molecule has 0 spiro atoms. The van der Waals surface area contributed by atoms with Gasteiger partial charge in [-0.1, -0.05) is 31.2 Å². The summed E-state index contributed by atoms with van der Waals surface area (Å²) < 4.78 is 2.05. The molecule has 0 amide bonds. The van der Waals surface area contributed by atoms with Crippen molar-refractivity contribution in [2.24, 2.45) is 0 Å². The van der Waals surface area contributed by atoms with Crippen molar-refractivity contribution in [1.29, 1.82) is 0 Å². The third kappa shape index (κ3) is 3.94. The van der Waals surface area contributed by atoms with Gasteiger partial charge < -0.3 is 5.32 Å². The van der Waals surface area contributed by atoms with Crippen LogP contribution in [0.15, 0.2) is 36.5 Å². The highest BCUT2D eigenvalue weighted by molar-refractivity contribution is 5.25. The minimum Gasteiger partial charge on any atom is -0.311 e. The molecule has 1 aromatic carbocycles. The summed E-state index contributed by atoms with van der Waals surface area (Å²) in [6.07, 6.45) is 4.26. The van der Waals surface area contributed by atoms with Crippen LogP contribution in [0.2, 0.25) is 0 Å². The first kappa shape index (κ1) is 14.8. The molecule has 0 bridgehead atoms. The molecule has 0 saturated carbocycles. The molecule has 108 valence electrons. The van der Waals surface area contributed by atoms with E-state index < -0.39 is 0 Å². The number of hydrogen-bond acceptors (Lipinski definition) is 2. The zero-order chi connectivity index (χ0) is 14.4. The number of nitrogens with zero attached hydrogens (tertiary/aromatic N) is 2. The molecule has 0 aliphatic heterocycles. The van der Waals surface area contributed by atoms with Crippen LogP contribution in [0.1, 0.15) is 43.1 Å². The normalized spacial score (nSPS) is 12.6. The van der Waals surface area contributed by atoms with Gasteiger partial charge in [0.2, 0.25) is 0 Å². The van der Waals surface area contributed by atoms with Crippen LogP contribution in [0.4, 0.5) is 0 Å². The first-order chi connectivity index (χ1) is 9.70. The average Bonchev–Trinajstić information content (AvgIpc) is 2.93. The standard InChI is InChI=1S/C17H25N3/c1-4-15(3)20-12-10-17(19-20)13-18-11-9-16-8-6-5-7-14(16)2/h5-8,10,12,15,18H,4,9,11,13H2,1-3H3. The second kappa shape index (κ2) is 7.25. The van der Waals surface area contributed by atoms with Gasteiger partial charge in [0.15, 0.2) is 0 Å². The number of benzene rings is 1. The quantitative estimate of drug-likeness (QED) is 0.781. The number of nitrogens with one attached hydrogen (secondary N) is 1. The monoisotopic (exact) mass is 271 g/mol. The number of aromatic nitrogens is 2. The maximum Gasteiger partial charge on any atom is 0.0762 e. The molecule has 20 heavy (non-hydrogen) atoms. The third-order valence-electron chi connectivity index (χ3n) is 3.84. The van der Waals surface area contributed by atoms with Gasteiger partial charge in [-0.15, -0.1) is 0 Å². The maximum atomic E-state index is 4.60. The Morgan fingerprint density at radius 1 is 1.25 bits per heavy atom. The molecule has 1 N–H and O–H groups in total. The minimum atomic E-state index is 0.482. The Balaban J connectivity index is 1.76. The van der Waals surface area contributed by atoms with Crippen LogP contribution in [0, 0.1) is 6.92 Å². The summed E-state index contributed by atoms with van der Waals surface area (Å²) in [6.45, 7) is 8.38. The van der Waals surface area contributed by atoms with Crippen molar-refractivity contribution in [2.45, 2.75) is 46.2 Å². The fraction of sp³-hybridized carbons (Fsp3) is 0.471. The van der Waals surface area contributed by atoms with Gasteiger partial charge in [-0.3, -0.25) is 4.68 Å². The molecule has 2 aromatic rings. The predicted molar refractivity (Wildman–Crippen MR) is 83.8 cm³/mol. The average molecular weight is 271 g/mol. The van der Waals surface area contributed by atoms with Crippen molar-refractivity contribution in [1.82, 2.24) is 15.1 Å². The van der Waals surface area contributed by atoms with Gasteiger partial charge in [0, 0.05) is 18.8 Å². The second-order valence-electron chi connectivity index (χ2n) is 5.40. The zero-order valence-corrected chi connectivity index (χ0v) is 12.8. The predicted octanol–water partition coefficient (Wildman–Crippen LogP) is 3.49.